The number of benzene rings is 5. The predicted molar refractivity (Wildman–Crippen MR) is 249 cm³/mol. The van der Waals surface area contributed by atoms with Crippen molar-refractivity contribution in [1.82, 2.24) is 0 Å². The first kappa shape index (κ1) is 43.4. The van der Waals surface area contributed by atoms with Gasteiger partial charge in [0.15, 0.2) is 11.5 Å². The molecule has 0 aromatic heterocycles. The molecule has 4 heterocycles. The van der Waals surface area contributed by atoms with Crippen molar-refractivity contribution in [3.63, 3.8) is 0 Å². The number of nitrogens with one attached hydrogen (secondary N) is 1. The number of rotatable bonds is 13. The van der Waals surface area contributed by atoms with E-state index in [0.29, 0.717) is 76.6 Å². The molecule has 4 aliphatic rings. The van der Waals surface area contributed by atoms with Crippen molar-refractivity contribution < 1.29 is 41.2 Å². The van der Waals surface area contributed by atoms with Gasteiger partial charge in [0.2, 0.25) is 5.91 Å². The Labute approximate surface area is 379 Å². The molecular formula is C50H51N3O9S2. The van der Waals surface area contributed by atoms with Crippen LogP contribution in [0, 0.1) is 6.92 Å². The van der Waals surface area contributed by atoms with Gasteiger partial charge in [-0.2, -0.15) is 21.0 Å². The fourth-order valence-corrected chi connectivity index (χ4v) is 11.1. The quantitative estimate of drug-likeness (QED) is 0.0885. The zero-order valence-corrected chi connectivity index (χ0v) is 38.0. The summed E-state index contributed by atoms with van der Waals surface area (Å²) in [5.41, 5.74) is 8.99. The largest absolute Gasteiger partial charge is 0.493 e. The Kier molecular flexibility index (Phi) is 12.0. The van der Waals surface area contributed by atoms with Crippen LogP contribution in [-0.2, 0) is 58.0 Å². The van der Waals surface area contributed by atoms with Gasteiger partial charge in [0.25, 0.3) is 21.9 Å². The molecule has 12 nitrogen and oxygen atoms in total. The Hall–Kier alpha value is -5.83. The maximum Gasteiger partial charge on any atom is 0.272 e. The molecule has 5 aromatic rings. The van der Waals surface area contributed by atoms with E-state index in [1.807, 2.05) is 85.5 Å². The van der Waals surface area contributed by atoms with E-state index in [9.17, 15) is 22.8 Å². The fourth-order valence-electron chi connectivity index (χ4n) is 9.71. The Morgan fingerprint density at radius 2 is 1.39 bits per heavy atom. The standard InChI is InChI=1S/C50H51N3O9S2/c1-29-17-39-36(25-47(64(57,58)60-4)43-22-35-10-6-8-12-42(35)53(43)50(39)56)24-44(29)61-27-31-18-32(20-37(19-31)51-48(54)16-13-30(2)63)28-62-46-23-33-14-15-38-21-34-9-5-7-11-41(34)52(38)49(55)40(33)26-45(46)59-3/h5-12,17-20,23-24,26,30,38,43,47,63H,13-16,21-22,25,27-28H2,1-4H3,(H,51,54)/t30?,38-,43+,47?/m1/s1. The summed E-state index contributed by atoms with van der Waals surface area (Å²) >= 11 is 4.44. The van der Waals surface area contributed by atoms with Crippen LogP contribution in [0.5, 0.6) is 17.2 Å². The number of nitrogens with zero attached hydrogens (tertiary/aromatic N) is 2. The van der Waals surface area contributed by atoms with Crippen LogP contribution in [-0.4, -0.2) is 62.9 Å². The summed E-state index contributed by atoms with van der Waals surface area (Å²) in [6.07, 6.45) is 3.70. The number of hydrogen-bond acceptors (Lipinski definition) is 10. The van der Waals surface area contributed by atoms with Crippen LogP contribution < -0.4 is 29.3 Å². The first-order chi connectivity index (χ1) is 30.8. The molecule has 0 aliphatic carbocycles. The van der Waals surface area contributed by atoms with Gasteiger partial charge < -0.3 is 29.3 Å². The average Bonchev–Trinajstić information content (AvgIpc) is 3.79. The summed E-state index contributed by atoms with van der Waals surface area (Å²) in [5, 5.41) is 2.08. The molecule has 9 rings (SSSR count). The van der Waals surface area contributed by atoms with Gasteiger partial charge in [-0.3, -0.25) is 18.6 Å². The third-order valence-electron chi connectivity index (χ3n) is 12.9. The number of ether oxygens (including phenoxy) is 3. The zero-order valence-electron chi connectivity index (χ0n) is 36.3. The first-order valence-electron chi connectivity index (χ1n) is 21.6. The molecule has 0 bridgehead atoms. The summed E-state index contributed by atoms with van der Waals surface area (Å²) in [6, 6.07) is 27.9. The summed E-state index contributed by atoms with van der Waals surface area (Å²) in [6.45, 7) is 4.00. The monoisotopic (exact) mass is 901 g/mol. The molecule has 1 N–H and O–H groups in total. The highest BCUT2D eigenvalue weighted by molar-refractivity contribution is 7.87. The molecule has 5 aromatic carbocycles. The highest BCUT2D eigenvalue weighted by Crippen LogP contribution is 2.43. The average molecular weight is 902 g/mol. The minimum atomic E-state index is -4.05. The van der Waals surface area contributed by atoms with Gasteiger partial charge in [0.05, 0.1) is 20.3 Å². The molecule has 64 heavy (non-hydrogen) atoms. The number of hydrogen-bond donors (Lipinski definition) is 2. The van der Waals surface area contributed by atoms with Crippen LogP contribution in [0.25, 0.3) is 0 Å². The normalized spacial score (nSPS) is 19.0. The van der Waals surface area contributed by atoms with E-state index in [1.165, 1.54) is 5.56 Å². The van der Waals surface area contributed by atoms with E-state index in [1.54, 1.807) is 30.2 Å². The molecule has 4 atom stereocenters. The Morgan fingerprint density at radius 1 is 0.766 bits per heavy atom. The number of methoxy groups -OCH3 is 1. The van der Waals surface area contributed by atoms with E-state index in [2.05, 4.69) is 24.0 Å². The topological polar surface area (TPSA) is 141 Å². The molecule has 0 radical (unpaired) electrons. The van der Waals surface area contributed by atoms with Gasteiger partial charge in [0.1, 0.15) is 24.2 Å². The molecule has 0 saturated carbocycles. The Bertz CT molecular complexity index is 2790. The van der Waals surface area contributed by atoms with Crippen LogP contribution in [0.3, 0.4) is 0 Å². The van der Waals surface area contributed by atoms with Gasteiger partial charge in [-0.05, 0) is 144 Å². The van der Waals surface area contributed by atoms with Crippen molar-refractivity contribution in [2.24, 2.45) is 0 Å². The number of fused-ring (bicyclic) bond motifs is 8. The number of anilines is 3. The second kappa shape index (κ2) is 17.6. The predicted octanol–water partition coefficient (Wildman–Crippen LogP) is 8.19. The van der Waals surface area contributed by atoms with Gasteiger partial charge in [-0.1, -0.05) is 43.3 Å². The Morgan fingerprint density at radius 3 is 2.08 bits per heavy atom. The number of amides is 3. The molecule has 14 heteroatoms. The lowest BCUT2D eigenvalue weighted by molar-refractivity contribution is -0.116. The summed E-state index contributed by atoms with van der Waals surface area (Å²) in [7, 11) is -1.34. The first-order valence-corrected chi connectivity index (χ1v) is 23.6. The van der Waals surface area contributed by atoms with Crippen LogP contribution in [0.1, 0.15) is 85.8 Å². The molecule has 0 spiro atoms. The lowest BCUT2D eigenvalue weighted by Gasteiger charge is -2.28. The van der Waals surface area contributed by atoms with Crippen LogP contribution in [0.2, 0.25) is 0 Å². The van der Waals surface area contributed by atoms with Crippen molar-refractivity contribution in [1.29, 1.82) is 0 Å². The number of thiol groups is 1. The smallest absolute Gasteiger partial charge is 0.272 e. The van der Waals surface area contributed by atoms with Gasteiger partial charge in [-0.25, -0.2) is 0 Å². The second-order valence-electron chi connectivity index (χ2n) is 17.2. The number of carbonyl (C=O) groups excluding carboxylic acids is 3. The third kappa shape index (κ3) is 8.34. The van der Waals surface area contributed by atoms with E-state index in [-0.39, 0.29) is 48.6 Å². The van der Waals surface area contributed by atoms with Crippen molar-refractivity contribution in [2.45, 2.75) is 94.6 Å². The minimum absolute atomic E-state index is 0.0463. The maximum absolute atomic E-state index is 14.3. The summed E-state index contributed by atoms with van der Waals surface area (Å²) in [4.78, 5) is 45.0. The maximum atomic E-state index is 14.3. The highest BCUT2D eigenvalue weighted by Gasteiger charge is 2.47. The fraction of sp³-hybridized carbons (Fsp3) is 0.340. The molecule has 2 unspecified atom stereocenters. The van der Waals surface area contributed by atoms with Crippen LogP contribution in [0.15, 0.2) is 91.0 Å². The van der Waals surface area contributed by atoms with Crippen molar-refractivity contribution in [2.75, 3.05) is 29.3 Å². The molecule has 0 saturated heterocycles. The van der Waals surface area contributed by atoms with Crippen molar-refractivity contribution in [3.8, 4) is 17.2 Å². The molecule has 3 amide bonds. The highest BCUT2D eigenvalue weighted by atomic mass is 32.2. The van der Waals surface area contributed by atoms with E-state index in [4.69, 9.17) is 18.4 Å². The van der Waals surface area contributed by atoms with Crippen LogP contribution in [0.4, 0.5) is 17.1 Å². The zero-order chi connectivity index (χ0) is 44.9. The number of para-hydroxylation sites is 2. The second-order valence-corrected chi connectivity index (χ2v) is 20.0. The van der Waals surface area contributed by atoms with E-state index in [0.717, 1.165) is 47.9 Å². The van der Waals surface area contributed by atoms with Crippen molar-refractivity contribution >= 4 is 57.5 Å². The summed E-state index contributed by atoms with van der Waals surface area (Å²) < 4.78 is 50.8. The lowest BCUT2D eigenvalue weighted by Crippen LogP contribution is -2.47. The number of carbonyl (C=O) groups is 3. The Balaban J connectivity index is 0.982. The van der Waals surface area contributed by atoms with E-state index >= 15 is 0 Å². The lowest BCUT2D eigenvalue weighted by atomic mass is 9.97. The van der Waals surface area contributed by atoms with E-state index < -0.39 is 21.4 Å². The summed E-state index contributed by atoms with van der Waals surface area (Å²) in [5.74, 6) is 0.966. The molecule has 332 valence electrons. The van der Waals surface area contributed by atoms with Crippen molar-refractivity contribution in [3.05, 3.63) is 141 Å². The molecule has 0 fully saturated rings. The van der Waals surface area contributed by atoms with Gasteiger partial charge in [0, 0.05) is 40.7 Å². The third-order valence-corrected chi connectivity index (χ3v) is 14.8. The number of aryl methyl sites for hydroxylation is 2. The molecular weight excluding hydrogens is 851 g/mol. The minimum Gasteiger partial charge on any atom is -0.493 e. The molecule has 4 aliphatic heterocycles. The van der Waals surface area contributed by atoms with Crippen LogP contribution >= 0.6 is 12.6 Å². The SMILES string of the molecule is COc1cc2c(cc1OCc1cc(COc3cc4c(cc3C)C(=O)N3c5ccccc5C[C@H]3C(S(=O)(=O)OC)C4)cc(NC(=O)CCC(C)S)c1)CC[C@@H]1Cc3ccccc3N1C2=O. The van der Waals surface area contributed by atoms with Gasteiger partial charge >= 0.3 is 0 Å². The van der Waals surface area contributed by atoms with Gasteiger partial charge in [-0.15, -0.1) is 0 Å².